The Balaban J connectivity index is 2.41. The molecular weight excluding hydrogens is 240 g/mol. The van der Waals surface area contributed by atoms with Crippen LogP contribution in [0.1, 0.15) is 31.4 Å². The van der Waals surface area contributed by atoms with Crippen molar-refractivity contribution in [2.45, 2.75) is 34.1 Å². The number of hydrogen-bond donors (Lipinski definition) is 2. The third-order valence-corrected chi connectivity index (χ3v) is 2.83. The predicted molar refractivity (Wildman–Crippen MR) is 77.0 cm³/mol. The maximum Gasteiger partial charge on any atom is 0.226 e. The predicted octanol–water partition coefficient (Wildman–Crippen LogP) is 2.40. The van der Waals surface area contributed by atoms with E-state index >= 15 is 0 Å². The molecule has 0 aliphatic heterocycles. The Labute approximate surface area is 114 Å². The zero-order valence-electron chi connectivity index (χ0n) is 12.0. The van der Waals surface area contributed by atoms with E-state index in [1.807, 2.05) is 45.9 Å². The Morgan fingerprint density at radius 3 is 2.47 bits per heavy atom. The van der Waals surface area contributed by atoms with Crippen molar-refractivity contribution in [3.63, 3.8) is 0 Å². The molecule has 0 saturated carbocycles. The van der Waals surface area contributed by atoms with Gasteiger partial charge in [-0.25, -0.2) is 0 Å². The third kappa shape index (κ3) is 5.12. The maximum absolute atomic E-state index is 11.7. The van der Waals surface area contributed by atoms with Crippen LogP contribution in [-0.2, 0) is 9.59 Å². The molecule has 0 spiro atoms. The number of anilines is 1. The van der Waals surface area contributed by atoms with Crippen LogP contribution in [0.2, 0.25) is 0 Å². The van der Waals surface area contributed by atoms with Crippen molar-refractivity contribution >= 4 is 17.5 Å². The molecule has 0 unspecified atom stereocenters. The molecule has 2 N–H and O–H groups in total. The molecule has 0 aliphatic carbocycles. The zero-order valence-corrected chi connectivity index (χ0v) is 12.0. The first kappa shape index (κ1) is 15.2. The molecule has 0 radical (unpaired) electrons. The first-order chi connectivity index (χ1) is 8.90. The van der Waals surface area contributed by atoms with Gasteiger partial charge in [-0.3, -0.25) is 9.59 Å². The molecule has 0 fully saturated rings. The highest BCUT2D eigenvalue weighted by molar-refractivity contribution is 5.92. The van der Waals surface area contributed by atoms with Gasteiger partial charge in [0.15, 0.2) is 0 Å². The number of aryl methyl sites for hydroxylation is 2. The number of carbonyl (C=O) groups excluding carboxylic acids is 2. The molecular formula is C15H22N2O2. The summed E-state index contributed by atoms with van der Waals surface area (Å²) in [6.07, 6.45) is 0.284. The maximum atomic E-state index is 11.7. The third-order valence-electron chi connectivity index (χ3n) is 2.83. The highest BCUT2D eigenvalue weighted by Crippen LogP contribution is 2.15. The Morgan fingerprint density at radius 2 is 1.89 bits per heavy atom. The zero-order chi connectivity index (χ0) is 14.4. The summed E-state index contributed by atoms with van der Waals surface area (Å²) < 4.78 is 0. The normalized spacial score (nSPS) is 10.4. The molecule has 4 heteroatoms. The SMILES string of the molecule is Cc1ccc(NC(=O)CCNC(=O)C(C)C)c(C)c1. The van der Waals surface area contributed by atoms with Crippen molar-refractivity contribution in [2.75, 3.05) is 11.9 Å². The number of amides is 2. The van der Waals surface area contributed by atoms with E-state index in [0.29, 0.717) is 6.54 Å². The van der Waals surface area contributed by atoms with Crippen LogP contribution in [0.25, 0.3) is 0 Å². The van der Waals surface area contributed by atoms with E-state index in [1.165, 1.54) is 5.56 Å². The van der Waals surface area contributed by atoms with E-state index in [0.717, 1.165) is 11.3 Å². The Morgan fingerprint density at radius 1 is 1.21 bits per heavy atom. The molecule has 0 aromatic heterocycles. The first-order valence-electron chi connectivity index (χ1n) is 6.55. The van der Waals surface area contributed by atoms with Crippen LogP contribution >= 0.6 is 0 Å². The van der Waals surface area contributed by atoms with Gasteiger partial charge < -0.3 is 10.6 Å². The Bertz CT molecular complexity index is 467. The summed E-state index contributed by atoms with van der Waals surface area (Å²) in [5.41, 5.74) is 3.03. The number of carbonyl (C=O) groups is 2. The standard InChI is InChI=1S/C15H22N2O2/c1-10(2)15(19)16-8-7-14(18)17-13-6-5-11(3)9-12(13)4/h5-6,9-10H,7-8H2,1-4H3,(H,16,19)(H,17,18). The van der Waals surface area contributed by atoms with Gasteiger partial charge in [0, 0.05) is 24.6 Å². The van der Waals surface area contributed by atoms with Crippen LogP contribution in [-0.4, -0.2) is 18.4 Å². The minimum Gasteiger partial charge on any atom is -0.355 e. The first-order valence-corrected chi connectivity index (χ1v) is 6.55. The largest absolute Gasteiger partial charge is 0.355 e. The lowest BCUT2D eigenvalue weighted by molar-refractivity contribution is -0.124. The molecule has 0 saturated heterocycles. The smallest absolute Gasteiger partial charge is 0.226 e. The van der Waals surface area contributed by atoms with Crippen LogP contribution in [0.3, 0.4) is 0 Å². The molecule has 0 heterocycles. The van der Waals surface area contributed by atoms with Crippen LogP contribution in [0.4, 0.5) is 5.69 Å². The van der Waals surface area contributed by atoms with Gasteiger partial charge in [0.25, 0.3) is 0 Å². The van der Waals surface area contributed by atoms with Gasteiger partial charge in [-0.1, -0.05) is 31.5 Å². The summed E-state index contributed by atoms with van der Waals surface area (Å²) in [5, 5.41) is 5.57. The van der Waals surface area contributed by atoms with Crippen molar-refractivity contribution in [3.05, 3.63) is 29.3 Å². The molecule has 1 rings (SSSR count). The van der Waals surface area contributed by atoms with Crippen LogP contribution < -0.4 is 10.6 Å². The molecule has 0 aliphatic rings. The van der Waals surface area contributed by atoms with E-state index in [9.17, 15) is 9.59 Å². The molecule has 19 heavy (non-hydrogen) atoms. The summed E-state index contributed by atoms with van der Waals surface area (Å²) in [6.45, 7) is 7.99. The fourth-order valence-corrected chi connectivity index (χ4v) is 1.67. The summed E-state index contributed by atoms with van der Waals surface area (Å²) in [6, 6.07) is 5.88. The van der Waals surface area contributed by atoms with Crippen LogP contribution in [0.5, 0.6) is 0 Å². The van der Waals surface area contributed by atoms with Gasteiger partial charge in [0.2, 0.25) is 11.8 Å². The van der Waals surface area contributed by atoms with Gasteiger partial charge in [-0.05, 0) is 25.5 Å². The monoisotopic (exact) mass is 262 g/mol. The summed E-state index contributed by atoms with van der Waals surface area (Å²) in [4.78, 5) is 23.1. The van der Waals surface area contributed by atoms with E-state index in [1.54, 1.807) is 0 Å². The van der Waals surface area contributed by atoms with Crippen molar-refractivity contribution in [1.82, 2.24) is 5.32 Å². The van der Waals surface area contributed by atoms with Gasteiger partial charge in [-0.2, -0.15) is 0 Å². The number of hydrogen-bond acceptors (Lipinski definition) is 2. The minimum absolute atomic E-state index is 0.0284. The number of rotatable bonds is 5. The van der Waals surface area contributed by atoms with Crippen molar-refractivity contribution in [3.8, 4) is 0 Å². The Hall–Kier alpha value is -1.84. The lowest BCUT2D eigenvalue weighted by Gasteiger charge is -2.10. The Kier molecular flexibility index (Phi) is 5.55. The van der Waals surface area contributed by atoms with E-state index in [2.05, 4.69) is 10.6 Å². The average Bonchev–Trinajstić information content (AvgIpc) is 2.32. The highest BCUT2D eigenvalue weighted by atomic mass is 16.2. The second-order valence-electron chi connectivity index (χ2n) is 5.06. The minimum atomic E-state index is -0.0870. The lowest BCUT2D eigenvalue weighted by atomic mass is 10.1. The number of nitrogens with one attached hydrogen (secondary N) is 2. The van der Waals surface area contributed by atoms with Gasteiger partial charge in [-0.15, -0.1) is 0 Å². The van der Waals surface area contributed by atoms with E-state index in [4.69, 9.17) is 0 Å². The fraction of sp³-hybridized carbons (Fsp3) is 0.467. The van der Waals surface area contributed by atoms with Gasteiger partial charge in [0.05, 0.1) is 0 Å². The summed E-state index contributed by atoms with van der Waals surface area (Å²) in [5.74, 6) is -0.169. The summed E-state index contributed by atoms with van der Waals surface area (Å²) in [7, 11) is 0. The summed E-state index contributed by atoms with van der Waals surface area (Å²) >= 11 is 0. The highest BCUT2D eigenvalue weighted by Gasteiger charge is 2.08. The molecule has 104 valence electrons. The van der Waals surface area contributed by atoms with Crippen molar-refractivity contribution < 1.29 is 9.59 Å². The van der Waals surface area contributed by atoms with E-state index < -0.39 is 0 Å². The molecule has 1 aromatic carbocycles. The second kappa shape index (κ2) is 6.92. The molecule has 0 bridgehead atoms. The second-order valence-corrected chi connectivity index (χ2v) is 5.06. The van der Waals surface area contributed by atoms with Gasteiger partial charge >= 0.3 is 0 Å². The molecule has 0 atom stereocenters. The molecule has 2 amide bonds. The quantitative estimate of drug-likeness (QED) is 0.856. The number of benzene rings is 1. The van der Waals surface area contributed by atoms with Gasteiger partial charge in [0.1, 0.15) is 0 Å². The average molecular weight is 262 g/mol. The van der Waals surface area contributed by atoms with Crippen LogP contribution in [0.15, 0.2) is 18.2 Å². The molecule has 1 aromatic rings. The van der Waals surface area contributed by atoms with Crippen molar-refractivity contribution in [2.24, 2.45) is 5.92 Å². The topological polar surface area (TPSA) is 58.2 Å². The van der Waals surface area contributed by atoms with Crippen LogP contribution in [0, 0.1) is 19.8 Å². The lowest BCUT2D eigenvalue weighted by Crippen LogP contribution is -2.30. The van der Waals surface area contributed by atoms with Crippen molar-refractivity contribution in [1.29, 1.82) is 0 Å². The van der Waals surface area contributed by atoms with E-state index in [-0.39, 0.29) is 24.2 Å². The molecule has 4 nitrogen and oxygen atoms in total. The fourth-order valence-electron chi connectivity index (χ4n) is 1.67.